The average molecular weight is 293 g/mol. The van der Waals surface area contributed by atoms with Crippen LogP contribution in [0.2, 0.25) is 5.02 Å². The molecular weight excluding hydrogens is 274 g/mol. The average Bonchev–Trinajstić information content (AvgIpc) is 2.35. The van der Waals surface area contributed by atoms with Crippen LogP contribution in [0.4, 0.5) is 14.5 Å². The van der Waals surface area contributed by atoms with Gasteiger partial charge in [0.25, 0.3) is 6.43 Å². The first-order valence-electron chi connectivity index (χ1n) is 6.21. The Morgan fingerprint density at radius 2 is 2.16 bits per heavy atom. The molecular formula is C13H19ClF2N2O. The van der Waals surface area contributed by atoms with Crippen LogP contribution in [-0.2, 0) is 6.54 Å². The first kappa shape index (κ1) is 16.1. The number of aliphatic hydroxyl groups excluding tert-OH is 1. The van der Waals surface area contributed by atoms with Crippen LogP contribution in [0.15, 0.2) is 18.2 Å². The molecule has 0 fully saturated rings. The summed E-state index contributed by atoms with van der Waals surface area (Å²) in [6, 6.07) is 5.32. The zero-order valence-corrected chi connectivity index (χ0v) is 11.6. The molecule has 6 heteroatoms. The summed E-state index contributed by atoms with van der Waals surface area (Å²) in [4.78, 5) is 1.39. The Bertz CT molecular complexity index is 391. The molecule has 1 rings (SSSR count). The van der Waals surface area contributed by atoms with E-state index in [1.165, 1.54) is 4.90 Å². The van der Waals surface area contributed by atoms with Gasteiger partial charge in [0.1, 0.15) is 0 Å². The molecule has 0 radical (unpaired) electrons. The summed E-state index contributed by atoms with van der Waals surface area (Å²) in [5, 5.41) is 12.5. The van der Waals surface area contributed by atoms with E-state index in [1.54, 1.807) is 12.1 Å². The zero-order valence-electron chi connectivity index (χ0n) is 10.9. The predicted molar refractivity (Wildman–Crippen MR) is 74.1 cm³/mol. The lowest BCUT2D eigenvalue weighted by molar-refractivity contribution is 0.153. The number of benzene rings is 1. The number of rotatable bonds is 8. The van der Waals surface area contributed by atoms with Crippen molar-refractivity contribution in [1.29, 1.82) is 0 Å². The first-order chi connectivity index (χ1) is 9.08. The van der Waals surface area contributed by atoms with Gasteiger partial charge in [-0.05, 0) is 24.2 Å². The van der Waals surface area contributed by atoms with E-state index in [0.29, 0.717) is 17.3 Å². The molecule has 0 unspecified atom stereocenters. The van der Waals surface area contributed by atoms with Crippen LogP contribution in [-0.4, -0.2) is 37.8 Å². The van der Waals surface area contributed by atoms with Crippen LogP contribution in [0.5, 0.6) is 0 Å². The van der Waals surface area contributed by atoms with Gasteiger partial charge < -0.3 is 15.3 Å². The lowest BCUT2D eigenvalue weighted by atomic mass is 10.2. The highest BCUT2D eigenvalue weighted by atomic mass is 35.5. The van der Waals surface area contributed by atoms with E-state index in [1.807, 2.05) is 13.0 Å². The summed E-state index contributed by atoms with van der Waals surface area (Å²) in [5.74, 6) is 0. The molecule has 0 atom stereocenters. The Kier molecular flexibility index (Phi) is 7.05. The summed E-state index contributed by atoms with van der Waals surface area (Å²) in [7, 11) is 0. The van der Waals surface area contributed by atoms with Crippen LogP contribution < -0.4 is 10.2 Å². The molecule has 0 aliphatic carbocycles. The first-order valence-corrected chi connectivity index (χ1v) is 6.59. The molecule has 2 N–H and O–H groups in total. The predicted octanol–water partition coefficient (Wildman–Crippen LogP) is 2.51. The molecule has 0 bridgehead atoms. The summed E-state index contributed by atoms with van der Waals surface area (Å²) >= 11 is 6.13. The Labute approximate surface area is 117 Å². The minimum atomic E-state index is -2.47. The van der Waals surface area contributed by atoms with E-state index in [4.69, 9.17) is 16.7 Å². The fourth-order valence-corrected chi connectivity index (χ4v) is 2.11. The second-order valence-corrected chi connectivity index (χ2v) is 4.53. The third-order valence-electron chi connectivity index (χ3n) is 2.66. The molecule has 0 spiro atoms. The number of alkyl halides is 2. The molecule has 108 valence electrons. The second-order valence-electron chi connectivity index (χ2n) is 4.13. The van der Waals surface area contributed by atoms with Crippen LogP contribution >= 0.6 is 11.6 Å². The highest BCUT2D eigenvalue weighted by molar-refractivity contribution is 6.33. The van der Waals surface area contributed by atoms with Crippen LogP contribution in [0.25, 0.3) is 0 Å². The van der Waals surface area contributed by atoms with Gasteiger partial charge in [-0.15, -0.1) is 0 Å². The number of hydrogen-bond donors (Lipinski definition) is 2. The molecule has 1 aromatic carbocycles. The number of halogens is 3. The molecule has 3 nitrogen and oxygen atoms in total. The highest BCUT2D eigenvalue weighted by Crippen LogP contribution is 2.27. The van der Waals surface area contributed by atoms with E-state index < -0.39 is 13.0 Å². The Morgan fingerprint density at radius 3 is 2.68 bits per heavy atom. The van der Waals surface area contributed by atoms with Crippen molar-refractivity contribution >= 4 is 17.3 Å². The minimum Gasteiger partial charge on any atom is -0.395 e. The molecule has 19 heavy (non-hydrogen) atoms. The fourth-order valence-electron chi connectivity index (χ4n) is 1.78. The fraction of sp³-hybridized carbons (Fsp3) is 0.538. The molecule has 0 saturated heterocycles. The largest absolute Gasteiger partial charge is 0.395 e. The summed E-state index contributed by atoms with van der Waals surface area (Å²) in [6.45, 7) is 3.04. The Morgan fingerprint density at radius 1 is 1.42 bits per heavy atom. The van der Waals surface area contributed by atoms with Gasteiger partial charge in [0.05, 0.1) is 23.9 Å². The topological polar surface area (TPSA) is 35.5 Å². The monoisotopic (exact) mass is 292 g/mol. The molecule has 0 heterocycles. The van der Waals surface area contributed by atoms with Crippen molar-refractivity contribution in [3.05, 3.63) is 28.8 Å². The van der Waals surface area contributed by atoms with Gasteiger partial charge in [0.15, 0.2) is 0 Å². The van der Waals surface area contributed by atoms with Gasteiger partial charge in [-0.25, -0.2) is 8.78 Å². The standard InChI is InChI=1S/C13H19ClF2N2O/c1-2-17-8-10-3-4-12(11(14)7-10)18(5-6-19)9-13(15)16/h3-4,7,13,17,19H,2,5-6,8-9H2,1H3. The van der Waals surface area contributed by atoms with Crippen molar-refractivity contribution in [1.82, 2.24) is 5.32 Å². The lowest BCUT2D eigenvalue weighted by Crippen LogP contribution is -2.31. The third kappa shape index (κ3) is 5.30. The van der Waals surface area contributed by atoms with Gasteiger partial charge in [0.2, 0.25) is 0 Å². The van der Waals surface area contributed by atoms with Crippen molar-refractivity contribution in [2.45, 2.75) is 19.9 Å². The van der Waals surface area contributed by atoms with Crippen LogP contribution in [0, 0.1) is 0 Å². The van der Waals surface area contributed by atoms with Gasteiger partial charge >= 0.3 is 0 Å². The third-order valence-corrected chi connectivity index (χ3v) is 2.96. The van der Waals surface area contributed by atoms with Crippen LogP contribution in [0.1, 0.15) is 12.5 Å². The molecule has 0 aliphatic rings. The number of aliphatic hydroxyl groups is 1. The van der Waals surface area contributed by atoms with Crippen molar-refractivity contribution < 1.29 is 13.9 Å². The number of anilines is 1. The molecule has 1 aromatic rings. The van der Waals surface area contributed by atoms with E-state index >= 15 is 0 Å². The zero-order chi connectivity index (χ0) is 14.3. The maximum atomic E-state index is 12.5. The summed E-state index contributed by atoms with van der Waals surface area (Å²) in [6.07, 6.45) is -2.47. The van der Waals surface area contributed by atoms with Gasteiger partial charge in [-0.3, -0.25) is 0 Å². The molecule has 0 aromatic heterocycles. The summed E-state index contributed by atoms with van der Waals surface area (Å²) < 4.78 is 25.0. The smallest absolute Gasteiger partial charge is 0.255 e. The van der Waals surface area contributed by atoms with Gasteiger partial charge in [-0.1, -0.05) is 24.6 Å². The normalized spacial score (nSPS) is 11.1. The molecule has 0 saturated carbocycles. The van der Waals surface area contributed by atoms with E-state index in [0.717, 1.165) is 12.1 Å². The second kappa shape index (κ2) is 8.30. The van der Waals surface area contributed by atoms with Gasteiger partial charge in [0, 0.05) is 13.1 Å². The van der Waals surface area contributed by atoms with Crippen molar-refractivity contribution in [3.8, 4) is 0 Å². The quantitative estimate of drug-likeness (QED) is 0.773. The Hall–Kier alpha value is -0.910. The number of hydrogen-bond acceptors (Lipinski definition) is 3. The van der Waals surface area contributed by atoms with Crippen LogP contribution in [0.3, 0.4) is 0 Å². The SMILES string of the molecule is CCNCc1ccc(N(CCO)CC(F)F)c(Cl)c1. The minimum absolute atomic E-state index is 0.136. The number of nitrogens with one attached hydrogen (secondary N) is 1. The Balaban J connectivity index is 2.84. The number of nitrogens with zero attached hydrogens (tertiary/aromatic N) is 1. The van der Waals surface area contributed by atoms with E-state index in [2.05, 4.69) is 5.32 Å². The van der Waals surface area contributed by atoms with Crippen molar-refractivity contribution in [3.63, 3.8) is 0 Å². The summed E-state index contributed by atoms with van der Waals surface area (Å²) in [5.41, 5.74) is 1.52. The highest BCUT2D eigenvalue weighted by Gasteiger charge is 2.15. The molecule has 0 amide bonds. The van der Waals surface area contributed by atoms with E-state index in [9.17, 15) is 8.78 Å². The molecule has 0 aliphatic heterocycles. The lowest BCUT2D eigenvalue weighted by Gasteiger charge is -2.24. The van der Waals surface area contributed by atoms with Gasteiger partial charge in [-0.2, -0.15) is 0 Å². The van der Waals surface area contributed by atoms with Crippen molar-refractivity contribution in [2.75, 3.05) is 31.1 Å². The van der Waals surface area contributed by atoms with Crippen molar-refractivity contribution in [2.24, 2.45) is 0 Å². The van der Waals surface area contributed by atoms with E-state index in [-0.39, 0.29) is 13.2 Å². The maximum absolute atomic E-state index is 12.5. The maximum Gasteiger partial charge on any atom is 0.255 e.